The van der Waals surface area contributed by atoms with Gasteiger partial charge in [-0.25, -0.2) is 0 Å². The van der Waals surface area contributed by atoms with Crippen molar-refractivity contribution in [2.24, 2.45) is 0 Å². The summed E-state index contributed by atoms with van der Waals surface area (Å²) in [7, 11) is 0. The minimum atomic E-state index is -0.613. The van der Waals surface area contributed by atoms with Crippen molar-refractivity contribution in [1.82, 2.24) is 0 Å². The highest BCUT2D eigenvalue weighted by Gasteiger charge is 2.11. The number of aliphatic hydroxyl groups is 1. The van der Waals surface area contributed by atoms with E-state index < -0.39 is 6.10 Å². The van der Waals surface area contributed by atoms with Crippen LogP contribution in [0.3, 0.4) is 0 Å². The summed E-state index contributed by atoms with van der Waals surface area (Å²) in [5.41, 5.74) is 1.86. The normalized spacial score (nSPS) is 12.5. The van der Waals surface area contributed by atoms with Crippen LogP contribution in [0.1, 0.15) is 24.2 Å². The van der Waals surface area contributed by atoms with Crippen LogP contribution in [-0.2, 0) is 6.61 Å². The lowest BCUT2D eigenvalue weighted by atomic mass is 10.1. The molecule has 2 aromatic carbocycles. The third-order valence-electron chi connectivity index (χ3n) is 3.37. The third kappa shape index (κ3) is 3.05. The van der Waals surface area contributed by atoms with Gasteiger partial charge in [-0.15, -0.1) is 11.3 Å². The van der Waals surface area contributed by atoms with E-state index in [0.29, 0.717) is 22.9 Å². The Bertz CT molecular complexity index is 764. The fourth-order valence-corrected chi connectivity index (χ4v) is 3.41. The Hall–Kier alpha value is -1.55. The zero-order valence-electron chi connectivity index (χ0n) is 11.5. The fourth-order valence-electron chi connectivity index (χ4n) is 2.28. The van der Waals surface area contributed by atoms with Gasteiger partial charge in [-0.3, -0.25) is 0 Å². The predicted octanol–water partition coefficient (Wildman–Crippen LogP) is 5.19. The van der Waals surface area contributed by atoms with Crippen molar-refractivity contribution >= 4 is 33.0 Å². The van der Waals surface area contributed by atoms with Crippen LogP contribution >= 0.6 is 22.9 Å². The largest absolute Gasteiger partial charge is 0.488 e. The van der Waals surface area contributed by atoms with Gasteiger partial charge in [-0.1, -0.05) is 29.8 Å². The number of ether oxygens (including phenoxy) is 1. The van der Waals surface area contributed by atoms with Crippen LogP contribution in [0.2, 0.25) is 5.02 Å². The molecule has 1 atom stereocenters. The molecule has 0 fully saturated rings. The Kier molecular flexibility index (Phi) is 4.15. The molecule has 0 aliphatic carbocycles. The van der Waals surface area contributed by atoms with Crippen molar-refractivity contribution in [2.75, 3.05) is 0 Å². The van der Waals surface area contributed by atoms with Crippen molar-refractivity contribution in [3.8, 4) is 5.75 Å². The van der Waals surface area contributed by atoms with E-state index in [1.165, 1.54) is 10.1 Å². The van der Waals surface area contributed by atoms with Crippen LogP contribution in [0.15, 0.2) is 47.8 Å². The average Bonchev–Trinajstić information content (AvgIpc) is 2.89. The molecule has 3 aromatic rings. The molecule has 1 N–H and O–H groups in total. The molecule has 0 saturated carbocycles. The van der Waals surface area contributed by atoms with Crippen molar-refractivity contribution < 1.29 is 9.84 Å². The number of hydrogen-bond acceptors (Lipinski definition) is 3. The number of fused-ring (bicyclic) bond motifs is 1. The Labute approximate surface area is 132 Å². The molecule has 0 radical (unpaired) electrons. The van der Waals surface area contributed by atoms with Gasteiger partial charge in [0.1, 0.15) is 12.4 Å². The second kappa shape index (κ2) is 6.06. The molecule has 0 aliphatic rings. The highest BCUT2D eigenvalue weighted by molar-refractivity contribution is 7.17. The molecular weight excluding hydrogens is 304 g/mol. The maximum absolute atomic E-state index is 9.82. The summed E-state index contributed by atoms with van der Waals surface area (Å²) >= 11 is 7.69. The van der Waals surface area contributed by atoms with Crippen LogP contribution in [0.4, 0.5) is 0 Å². The number of rotatable bonds is 4. The maximum atomic E-state index is 9.82. The van der Waals surface area contributed by atoms with Crippen molar-refractivity contribution in [2.45, 2.75) is 19.6 Å². The number of thiophene rings is 1. The van der Waals surface area contributed by atoms with Crippen LogP contribution < -0.4 is 4.74 Å². The molecule has 1 aromatic heterocycles. The summed E-state index contributed by atoms with van der Waals surface area (Å²) in [6, 6.07) is 13.6. The van der Waals surface area contributed by atoms with E-state index in [1.54, 1.807) is 36.5 Å². The van der Waals surface area contributed by atoms with Crippen LogP contribution in [0.25, 0.3) is 10.1 Å². The van der Waals surface area contributed by atoms with Gasteiger partial charge in [0, 0.05) is 20.8 Å². The minimum Gasteiger partial charge on any atom is -0.488 e. The van der Waals surface area contributed by atoms with Crippen molar-refractivity contribution in [3.05, 3.63) is 64.0 Å². The maximum Gasteiger partial charge on any atom is 0.125 e. The number of hydrogen-bond donors (Lipinski definition) is 1. The number of aliphatic hydroxyl groups excluding tert-OH is 1. The molecule has 108 valence electrons. The zero-order valence-corrected chi connectivity index (χ0v) is 13.1. The first kappa shape index (κ1) is 14.4. The van der Waals surface area contributed by atoms with Gasteiger partial charge in [0.25, 0.3) is 0 Å². The number of benzene rings is 2. The highest BCUT2D eigenvalue weighted by Crippen LogP contribution is 2.31. The molecular formula is C17H15ClO2S. The predicted molar refractivity (Wildman–Crippen MR) is 88.2 cm³/mol. The van der Waals surface area contributed by atoms with E-state index in [0.717, 1.165) is 5.56 Å². The summed E-state index contributed by atoms with van der Waals surface area (Å²) in [5.74, 6) is 0.671. The van der Waals surface area contributed by atoms with E-state index in [1.807, 2.05) is 12.1 Å². The molecule has 0 saturated heterocycles. The molecule has 0 unspecified atom stereocenters. The first-order chi connectivity index (χ1) is 10.1. The molecule has 2 nitrogen and oxygen atoms in total. The van der Waals surface area contributed by atoms with Gasteiger partial charge >= 0.3 is 0 Å². The zero-order chi connectivity index (χ0) is 14.8. The topological polar surface area (TPSA) is 29.5 Å². The van der Waals surface area contributed by atoms with E-state index in [9.17, 15) is 5.11 Å². The van der Waals surface area contributed by atoms with E-state index in [4.69, 9.17) is 16.3 Å². The molecule has 1 heterocycles. The summed E-state index contributed by atoms with van der Waals surface area (Å²) in [6.07, 6.45) is -0.613. The van der Waals surface area contributed by atoms with Gasteiger partial charge in [0.05, 0.1) is 6.10 Å². The second-order valence-electron chi connectivity index (χ2n) is 4.90. The van der Waals surface area contributed by atoms with Crippen LogP contribution in [0, 0.1) is 0 Å². The quantitative estimate of drug-likeness (QED) is 0.717. The van der Waals surface area contributed by atoms with Gasteiger partial charge in [-0.2, -0.15) is 0 Å². The smallest absolute Gasteiger partial charge is 0.125 e. The molecule has 4 heteroatoms. The van der Waals surface area contributed by atoms with Crippen LogP contribution in [-0.4, -0.2) is 5.11 Å². The third-order valence-corrected chi connectivity index (χ3v) is 4.61. The summed E-state index contributed by atoms with van der Waals surface area (Å²) in [5, 5.41) is 13.7. The van der Waals surface area contributed by atoms with Gasteiger partial charge in [-0.05, 0) is 42.0 Å². The number of halogens is 1. The average molecular weight is 319 g/mol. The van der Waals surface area contributed by atoms with Crippen LogP contribution in [0.5, 0.6) is 5.75 Å². The first-order valence-electron chi connectivity index (χ1n) is 6.70. The Morgan fingerprint density at radius 2 is 2.05 bits per heavy atom. The molecule has 0 aliphatic heterocycles. The summed E-state index contributed by atoms with van der Waals surface area (Å²) < 4.78 is 7.15. The molecule has 0 spiro atoms. The molecule has 21 heavy (non-hydrogen) atoms. The van der Waals surface area contributed by atoms with Gasteiger partial charge in [0.2, 0.25) is 0 Å². The Morgan fingerprint density at radius 1 is 1.24 bits per heavy atom. The monoisotopic (exact) mass is 318 g/mol. The van der Waals surface area contributed by atoms with E-state index in [-0.39, 0.29) is 0 Å². The van der Waals surface area contributed by atoms with Gasteiger partial charge < -0.3 is 9.84 Å². The first-order valence-corrected chi connectivity index (χ1v) is 7.96. The SMILES string of the molecule is C[C@H](O)c1cc(Cl)ccc1OCc1csc2ccccc12. The summed E-state index contributed by atoms with van der Waals surface area (Å²) in [6.45, 7) is 2.18. The molecule has 0 bridgehead atoms. The lowest BCUT2D eigenvalue weighted by Gasteiger charge is -2.13. The highest BCUT2D eigenvalue weighted by atomic mass is 35.5. The summed E-state index contributed by atoms with van der Waals surface area (Å²) in [4.78, 5) is 0. The van der Waals surface area contributed by atoms with Crippen molar-refractivity contribution in [1.29, 1.82) is 0 Å². The molecule has 3 rings (SSSR count). The Morgan fingerprint density at radius 3 is 2.86 bits per heavy atom. The second-order valence-corrected chi connectivity index (χ2v) is 6.25. The standard InChI is InChI=1S/C17H15ClO2S/c1-11(19)15-8-13(18)6-7-16(15)20-9-12-10-21-17-5-3-2-4-14(12)17/h2-8,10-11,19H,9H2,1H3/t11-/m0/s1. The lowest BCUT2D eigenvalue weighted by Crippen LogP contribution is -2.00. The molecule has 0 amide bonds. The lowest BCUT2D eigenvalue weighted by molar-refractivity contribution is 0.190. The van der Waals surface area contributed by atoms with E-state index in [2.05, 4.69) is 17.5 Å². The fraction of sp³-hybridized carbons (Fsp3) is 0.176. The Balaban J connectivity index is 1.85. The van der Waals surface area contributed by atoms with Crippen molar-refractivity contribution in [3.63, 3.8) is 0 Å². The minimum absolute atomic E-state index is 0.478. The van der Waals surface area contributed by atoms with E-state index >= 15 is 0 Å². The van der Waals surface area contributed by atoms with Gasteiger partial charge in [0.15, 0.2) is 0 Å².